The van der Waals surface area contributed by atoms with Gasteiger partial charge in [-0.05, 0) is 48.6 Å². The molecular weight excluding hydrogens is 308 g/mol. The molecule has 3 N–H and O–H groups in total. The third-order valence-electron chi connectivity index (χ3n) is 3.35. The molecule has 1 rings (SSSR count). The lowest BCUT2D eigenvalue weighted by molar-refractivity contribution is -0.133. The monoisotopic (exact) mass is 330 g/mol. The zero-order valence-electron chi connectivity index (χ0n) is 13.6. The van der Waals surface area contributed by atoms with E-state index in [0.29, 0.717) is 18.4 Å². The van der Waals surface area contributed by atoms with Crippen LogP contribution < -0.4 is 0 Å². The van der Waals surface area contributed by atoms with Gasteiger partial charge in [-0.1, -0.05) is 37.3 Å². The molecule has 0 saturated carbocycles. The first-order valence-electron chi connectivity index (χ1n) is 7.73. The SMILES string of the molecule is CCC(=CC(=Cc1ccccc1)C=C(CCCO)C(=O)O)C(=O)O. The van der Waals surface area contributed by atoms with Gasteiger partial charge in [-0.3, -0.25) is 0 Å². The van der Waals surface area contributed by atoms with Crippen molar-refractivity contribution in [2.45, 2.75) is 26.2 Å². The van der Waals surface area contributed by atoms with Gasteiger partial charge in [-0.2, -0.15) is 0 Å². The fourth-order valence-corrected chi connectivity index (χ4v) is 2.09. The molecule has 24 heavy (non-hydrogen) atoms. The number of allylic oxidation sites excluding steroid dienone is 3. The van der Waals surface area contributed by atoms with E-state index in [1.807, 2.05) is 30.3 Å². The average Bonchev–Trinajstić information content (AvgIpc) is 2.56. The molecule has 128 valence electrons. The molecule has 0 bridgehead atoms. The first-order chi connectivity index (χ1) is 11.5. The summed E-state index contributed by atoms with van der Waals surface area (Å²) in [6.45, 7) is 1.63. The molecule has 0 spiro atoms. The summed E-state index contributed by atoms with van der Waals surface area (Å²) in [5, 5.41) is 27.4. The zero-order chi connectivity index (χ0) is 17.9. The van der Waals surface area contributed by atoms with Gasteiger partial charge in [0.2, 0.25) is 0 Å². The second-order valence-electron chi connectivity index (χ2n) is 5.19. The molecule has 1 aromatic rings. The quantitative estimate of drug-likeness (QED) is 0.477. The Balaban J connectivity index is 3.34. The van der Waals surface area contributed by atoms with Crippen molar-refractivity contribution in [1.29, 1.82) is 0 Å². The van der Waals surface area contributed by atoms with E-state index < -0.39 is 11.9 Å². The van der Waals surface area contributed by atoms with E-state index in [4.69, 9.17) is 5.11 Å². The first kappa shape index (κ1) is 19.4. The lowest BCUT2D eigenvalue weighted by Gasteiger charge is -2.05. The molecule has 0 heterocycles. The standard InChI is InChI=1S/C19H22O5/c1-2-16(18(21)22)12-15(11-14-7-4-3-5-8-14)13-17(19(23)24)9-6-10-20/h3-5,7-8,11-13,20H,2,6,9-10H2,1H3,(H,21,22)(H,23,24). The number of rotatable bonds is 9. The minimum atomic E-state index is -1.08. The predicted molar refractivity (Wildman–Crippen MR) is 92.5 cm³/mol. The molecule has 0 aliphatic carbocycles. The third kappa shape index (κ3) is 6.62. The van der Waals surface area contributed by atoms with Crippen molar-refractivity contribution in [3.63, 3.8) is 0 Å². The van der Waals surface area contributed by atoms with Gasteiger partial charge in [0.15, 0.2) is 0 Å². The summed E-state index contributed by atoms with van der Waals surface area (Å²) in [6, 6.07) is 9.25. The number of aliphatic hydroxyl groups is 1. The molecule has 0 aliphatic heterocycles. The highest BCUT2D eigenvalue weighted by Gasteiger charge is 2.10. The van der Waals surface area contributed by atoms with Gasteiger partial charge in [0.25, 0.3) is 0 Å². The van der Waals surface area contributed by atoms with Crippen molar-refractivity contribution in [3.8, 4) is 0 Å². The smallest absolute Gasteiger partial charge is 0.331 e. The highest BCUT2D eigenvalue weighted by atomic mass is 16.4. The predicted octanol–water partition coefficient (Wildman–Crippen LogP) is 3.27. The summed E-state index contributed by atoms with van der Waals surface area (Å²) in [7, 11) is 0. The highest BCUT2D eigenvalue weighted by Crippen LogP contribution is 2.17. The van der Waals surface area contributed by atoms with Crippen molar-refractivity contribution in [2.24, 2.45) is 0 Å². The number of hydrogen-bond donors (Lipinski definition) is 3. The molecule has 0 radical (unpaired) electrons. The highest BCUT2D eigenvalue weighted by molar-refractivity contribution is 5.90. The van der Waals surface area contributed by atoms with Gasteiger partial charge in [0, 0.05) is 17.8 Å². The minimum Gasteiger partial charge on any atom is -0.478 e. The van der Waals surface area contributed by atoms with Gasteiger partial charge >= 0.3 is 11.9 Å². The molecule has 0 aromatic heterocycles. The molecule has 0 amide bonds. The van der Waals surface area contributed by atoms with Crippen molar-refractivity contribution >= 4 is 18.0 Å². The maximum atomic E-state index is 11.4. The normalized spacial score (nSPS) is 13.0. The van der Waals surface area contributed by atoms with Crippen LogP contribution in [0, 0.1) is 0 Å². The van der Waals surface area contributed by atoms with Crippen LogP contribution in [-0.4, -0.2) is 33.9 Å². The van der Waals surface area contributed by atoms with Crippen LogP contribution in [0.5, 0.6) is 0 Å². The number of benzene rings is 1. The number of aliphatic hydroxyl groups excluding tert-OH is 1. The Morgan fingerprint density at radius 1 is 1.00 bits per heavy atom. The second kappa shape index (κ2) is 10.2. The largest absolute Gasteiger partial charge is 0.478 e. The van der Waals surface area contributed by atoms with E-state index in [0.717, 1.165) is 5.56 Å². The van der Waals surface area contributed by atoms with Crippen LogP contribution in [0.15, 0.2) is 59.2 Å². The van der Waals surface area contributed by atoms with E-state index in [-0.39, 0.29) is 24.2 Å². The summed E-state index contributed by atoms with van der Waals surface area (Å²) in [5.74, 6) is -2.11. The van der Waals surface area contributed by atoms with Crippen LogP contribution in [0.3, 0.4) is 0 Å². The third-order valence-corrected chi connectivity index (χ3v) is 3.35. The molecule has 1 aromatic carbocycles. The van der Waals surface area contributed by atoms with Gasteiger partial charge in [0.05, 0.1) is 0 Å². The maximum absolute atomic E-state index is 11.4. The molecule has 5 heteroatoms. The van der Waals surface area contributed by atoms with Gasteiger partial charge in [-0.25, -0.2) is 9.59 Å². The molecule has 0 saturated heterocycles. The van der Waals surface area contributed by atoms with E-state index in [2.05, 4.69) is 0 Å². The second-order valence-corrected chi connectivity index (χ2v) is 5.19. The van der Waals surface area contributed by atoms with Gasteiger partial charge < -0.3 is 15.3 Å². The summed E-state index contributed by atoms with van der Waals surface area (Å²) < 4.78 is 0. The summed E-state index contributed by atoms with van der Waals surface area (Å²) >= 11 is 0. The van der Waals surface area contributed by atoms with E-state index in [9.17, 15) is 19.8 Å². The van der Waals surface area contributed by atoms with Crippen molar-refractivity contribution < 1.29 is 24.9 Å². The Labute approximate surface area is 141 Å². The molecule has 0 unspecified atom stereocenters. The molecule has 0 fully saturated rings. The van der Waals surface area contributed by atoms with Crippen LogP contribution in [0.4, 0.5) is 0 Å². The topological polar surface area (TPSA) is 94.8 Å². The van der Waals surface area contributed by atoms with Crippen LogP contribution in [0.2, 0.25) is 0 Å². The number of aliphatic carboxylic acids is 2. The molecule has 0 aliphatic rings. The van der Waals surface area contributed by atoms with Crippen LogP contribution in [0.1, 0.15) is 31.7 Å². The Hall–Kier alpha value is -2.66. The first-order valence-corrected chi connectivity index (χ1v) is 7.73. The lowest BCUT2D eigenvalue weighted by atomic mass is 10.0. The Morgan fingerprint density at radius 2 is 1.58 bits per heavy atom. The van der Waals surface area contributed by atoms with Crippen LogP contribution >= 0.6 is 0 Å². The molecule has 5 nitrogen and oxygen atoms in total. The van der Waals surface area contributed by atoms with Crippen molar-refractivity contribution in [2.75, 3.05) is 6.61 Å². The Morgan fingerprint density at radius 3 is 2.08 bits per heavy atom. The lowest BCUT2D eigenvalue weighted by Crippen LogP contribution is -2.03. The van der Waals surface area contributed by atoms with Crippen molar-refractivity contribution in [3.05, 3.63) is 64.8 Å². The minimum absolute atomic E-state index is 0.104. The van der Waals surface area contributed by atoms with E-state index in [1.54, 1.807) is 13.0 Å². The summed E-state index contributed by atoms with van der Waals surface area (Å²) in [6.07, 6.45) is 5.55. The van der Waals surface area contributed by atoms with Gasteiger partial charge in [0.1, 0.15) is 0 Å². The van der Waals surface area contributed by atoms with Crippen LogP contribution in [-0.2, 0) is 9.59 Å². The zero-order valence-corrected chi connectivity index (χ0v) is 13.6. The van der Waals surface area contributed by atoms with E-state index in [1.165, 1.54) is 12.2 Å². The average molecular weight is 330 g/mol. The molecular formula is C19H22O5. The maximum Gasteiger partial charge on any atom is 0.331 e. The summed E-state index contributed by atoms with van der Waals surface area (Å²) in [5.41, 5.74) is 1.66. The molecule has 0 atom stereocenters. The Bertz CT molecular complexity index is 654. The Kier molecular flexibility index (Phi) is 8.22. The number of carboxylic acid groups (broad SMARTS) is 2. The number of carboxylic acids is 2. The fraction of sp³-hybridized carbons (Fsp3) is 0.263. The fourth-order valence-electron chi connectivity index (χ4n) is 2.09. The number of carbonyl (C=O) groups is 2. The van der Waals surface area contributed by atoms with E-state index >= 15 is 0 Å². The van der Waals surface area contributed by atoms with Gasteiger partial charge in [-0.15, -0.1) is 0 Å². The summed E-state index contributed by atoms with van der Waals surface area (Å²) in [4.78, 5) is 22.6. The number of hydrogen-bond acceptors (Lipinski definition) is 3. The van der Waals surface area contributed by atoms with Crippen LogP contribution in [0.25, 0.3) is 6.08 Å². The van der Waals surface area contributed by atoms with Crippen molar-refractivity contribution in [1.82, 2.24) is 0 Å².